The van der Waals surface area contributed by atoms with Crippen molar-refractivity contribution in [1.82, 2.24) is 0 Å². The molecule has 41 heavy (non-hydrogen) atoms. The maximum atomic E-state index is 12.5. The van der Waals surface area contributed by atoms with E-state index >= 15 is 0 Å². The van der Waals surface area contributed by atoms with Crippen molar-refractivity contribution in [3.05, 3.63) is 46.2 Å². The standard InChI is InChI=1S/C30H30O9S2/c1-17(31)5-6-20(32)28-13-18-11-22(36-2)24(15-26(18)40-28)38-9-4-10-39-25-16-27-19(12-23(25)37-3)14-29(41-27)21(33)7-8-30(34)35/h11-16H,4-10H2,1-3H3,(H,34,35). The highest BCUT2D eigenvalue weighted by molar-refractivity contribution is 7.21. The number of ether oxygens (including phenoxy) is 4. The van der Waals surface area contributed by atoms with Crippen molar-refractivity contribution >= 4 is 66.2 Å². The third kappa shape index (κ3) is 7.62. The first-order valence-electron chi connectivity index (χ1n) is 12.9. The molecule has 0 aliphatic rings. The van der Waals surface area contributed by atoms with Crippen LogP contribution in [0, 0.1) is 0 Å². The summed E-state index contributed by atoms with van der Waals surface area (Å²) in [7, 11) is 3.10. The fourth-order valence-electron chi connectivity index (χ4n) is 4.09. The molecule has 216 valence electrons. The molecule has 1 N–H and O–H groups in total. The van der Waals surface area contributed by atoms with Crippen LogP contribution in [0.2, 0.25) is 0 Å². The van der Waals surface area contributed by atoms with Crippen molar-refractivity contribution in [2.75, 3.05) is 27.4 Å². The lowest BCUT2D eigenvalue weighted by atomic mass is 10.1. The molecule has 4 rings (SSSR count). The topological polar surface area (TPSA) is 125 Å². The molecule has 0 radical (unpaired) electrons. The summed E-state index contributed by atoms with van der Waals surface area (Å²) in [6.07, 6.45) is 0.731. The average Bonchev–Trinajstić information content (AvgIpc) is 3.56. The fraction of sp³-hybridized carbons (Fsp3) is 0.333. The van der Waals surface area contributed by atoms with Crippen LogP contribution < -0.4 is 18.9 Å². The summed E-state index contributed by atoms with van der Waals surface area (Å²) in [5.41, 5.74) is 0. The molecule has 2 heterocycles. The van der Waals surface area contributed by atoms with Gasteiger partial charge in [0.25, 0.3) is 0 Å². The molecule has 0 spiro atoms. The summed E-state index contributed by atoms with van der Waals surface area (Å²) in [5, 5.41) is 10.5. The molecular weight excluding hydrogens is 568 g/mol. The van der Waals surface area contributed by atoms with Crippen LogP contribution in [0.3, 0.4) is 0 Å². The van der Waals surface area contributed by atoms with Gasteiger partial charge in [-0.3, -0.25) is 14.4 Å². The number of thiophene rings is 2. The van der Waals surface area contributed by atoms with E-state index in [0.29, 0.717) is 52.4 Å². The number of methoxy groups -OCH3 is 2. The highest BCUT2D eigenvalue weighted by Gasteiger charge is 2.17. The predicted octanol–water partition coefficient (Wildman–Crippen LogP) is 6.58. The van der Waals surface area contributed by atoms with Gasteiger partial charge in [0.05, 0.1) is 43.6 Å². The van der Waals surface area contributed by atoms with E-state index in [1.54, 1.807) is 19.2 Å². The molecule has 0 aliphatic carbocycles. The van der Waals surface area contributed by atoms with Gasteiger partial charge in [0.1, 0.15) is 5.78 Å². The molecule has 0 bridgehead atoms. The summed E-state index contributed by atoms with van der Waals surface area (Å²) in [5.74, 6) is 0.887. The Morgan fingerprint density at radius 1 is 0.659 bits per heavy atom. The van der Waals surface area contributed by atoms with Crippen LogP contribution in [0.4, 0.5) is 0 Å². The van der Waals surface area contributed by atoms with Gasteiger partial charge in [-0.15, -0.1) is 22.7 Å². The molecule has 0 amide bonds. The summed E-state index contributed by atoms with van der Waals surface area (Å²) < 4.78 is 24.6. The number of hydrogen-bond donors (Lipinski definition) is 1. The second kappa shape index (κ2) is 13.6. The molecular formula is C30H30O9S2. The number of Topliss-reactive ketones (excluding diaryl/α,β-unsaturated/α-hetero) is 3. The highest BCUT2D eigenvalue weighted by Crippen LogP contribution is 2.38. The van der Waals surface area contributed by atoms with Crippen LogP contribution in [0.15, 0.2) is 36.4 Å². The van der Waals surface area contributed by atoms with E-state index in [2.05, 4.69) is 0 Å². The molecule has 0 unspecified atom stereocenters. The van der Waals surface area contributed by atoms with Crippen LogP contribution in [0.5, 0.6) is 23.0 Å². The Morgan fingerprint density at radius 3 is 1.54 bits per heavy atom. The zero-order valence-corrected chi connectivity index (χ0v) is 24.6. The number of carboxylic acids is 1. The smallest absolute Gasteiger partial charge is 0.303 e. The van der Waals surface area contributed by atoms with Gasteiger partial charge in [-0.2, -0.15) is 0 Å². The Bertz CT molecular complexity index is 1480. The van der Waals surface area contributed by atoms with Crippen molar-refractivity contribution < 1.29 is 43.2 Å². The van der Waals surface area contributed by atoms with E-state index in [1.165, 1.54) is 36.7 Å². The minimum absolute atomic E-state index is 0.0121. The van der Waals surface area contributed by atoms with Gasteiger partial charge in [0.2, 0.25) is 0 Å². The molecule has 11 heteroatoms. The molecule has 0 saturated heterocycles. The molecule has 0 fully saturated rings. The Kier molecular flexibility index (Phi) is 9.95. The maximum Gasteiger partial charge on any atom is 0.303 e. The number of fused-ring (bicyclic) bond motifs is 2. The van der Waals surface area contributed by atoms with E-state index in [-0.39, 0.29) is 43.0 Å². The molecule has 0 atom stereocenters. The normalized spacial score (nSPS) is 11.0. The van der Waals surface area contributed by atoms with Crippen LogP contribution in [0.25, 0.3) is 20.2 Å². The van der Waals surface area contributed by atoms with E-state index in [4.69, 9.17) is 24.1 Å². The molecule has 2 aromatic heterocycles. The van der Waals surface area contributed by atoms with Gasteiger partial charge < -0.3 is 28.8 Å². The third-order valence-electron chi connectivity index (χ3n) is 6.23. The van der Waals surface area contributed by atoms with Crippen LogP contribution in [-0.4, -0.2) is 55.9 Å². The molecule has 2 aromatic carbocycles. The minimum Gasteiger partial charge on any atom is -0.493 e. The van der Waals surface area contributed by atoms with E-state index in [9.17, 15) is 19.2 Å². The number of aliphatic carboxylic acids is 1. The lowest BCUT2D eigenvalue weighted by Crippen LogP contribution is -2.06. The second-order valence-corrected chi connectivity index (χ2v) is 11.5. The van der Waals surface area contributed by atoms with Crippen molar-refractivity contribution in [1.29, 1.82) is 0 Å². The Hall–Kier alpha value is -3.96. The second-order valence-electron chi connectivity index (χ2n) is 9.30. The fourth-order valence-corrected chi connectivity index (χ4v) is 6.17. The van der Waals surface area contributed by atoms with Crippen LogP contribution in [-0.2, 0) is 9.59 Å². The molecule has 0 aliphatic heterocycles. The number of benzene rings is 2. The first kappa shape index (κ1) is 30.0. The number of ketones is 3. The SMILES string of the molecule is COc1cc2cc(C(=O)CCC(C)=O)sc2cc1OCCCOc1cc2sc(C(=O)CCC(=O)O)cc2cc1OC. The average molecular weight is 599 g/mol. The van der Waals surface area contributed by atoms with E-state index in [1.807, 2.05) is 24.3 Å². The predicted molar refractivity (Wildman–Crippen MR) is 158 cm³/mol. The molecule has 0 saturated carbocycles. The van der Waals surface area contributed by atoms with E-state index < -0.39 is 5.97 Å². The van der Waals surface area contributed by atoms with Gasteiger partial charge >= 0.3 is 5.97 Å². The maximum absolute atomic E-state index is 12.5. The lowest BCUT2D eigenvalue weighted by molar-refractivity contribution is -0.137. The summed E-state index contributed by atoms with van der Waals surface area (Å²) in [4.78, 5) is 47.9. The minimum atomic E-state index is -1.01. The summed E-state index contributed by atoms with van der Waals surface area (Å²) >= 11 is 2.65. The van der Waals surface area contributed by atoms with Gasteiger partial charge in [0, 0.05) is 47.2 Å². The first-order chi connectivity index (χ1) is 19.7. The van der Waals surface area contributed by atoms with Gasteiger partial charge in [-0.25, -0.2) is 0 Å². The molecule has 4 aromatic rings. The number of rotatable bonds is 16. The Balaban J connectivity index is 1.36. The summed E-state index contributed by atoms with van der Waals surface area (Å²) in [6.45, 7) is 2.17. The van der Waals surface area contributed by atoms with Crippen LogP contribution >= 0.6 is 22.7 Å². The van der Waals surface area contributed by atoms with Gasteiger partial charge in [-0.1, -0.05) is 0 Å². The lowest BCUT2D eigenvalue weighted by Gasteiger charge is -2.13. The highest BCUT2D eigenvalue weighted by atomic mass is 32.1. The third-order valence-corrected chi connectivity index (χ3v) is 8.51. The number of carbonyl (C=O) groups is 4. The van der Waals surface area contributed by atoms with E-state index in [0.717, 1.165) is 20.2 Å². The van der Waals surface area contributed by atoms with Crippen LogP contribution in [0.1, 0.15) is 58.4 Å². The first-order valence-corrected chi connectivity index (χ1v) is 14.6. The Morgan fingerprint density at radius 2 is 1.12 bits per heavy atom. The molecule has 9 nitrogen and oxygen atoms in total. The largest absolute Gasteiger partial charge is 0.493 e. The Labute approximate surface area is 244 Å². The number of carboxylic acid groups (broad SMARTS) is 1. The summed E-state index contributed by atoms with van der Waals surface area (Å²) in [6, 6.07) is 10.9. The quantitative estimate of drug-likeness (QED) is 0.112. The van der Waals surface area contributed by atoms with Gasteiger partial charge in [-0.05, 0) is 42.0 Å². The zero-order valence-electron chi connectivity index (χ0n) is 22.9. The van der Waals surface area contributed by atoms with Crippen molar-refractivity contribution in [3.63, 3.8) is 0 Å². The van der Waals surface area contributed by atoms with Crippen molar-refractivity contribution in [2.24, 2.45) is 0 Å². The number of carbonyl (C=O) groups excluding carboxylic acids is 3. The van der Waals surface area contributed by atoms with Crippen molar-refractivity contribution in [2.45, 2.75) is 39.0 Å². The number of hydrogen-bond acceptors (Lipinski definition) is 10. The monoisotopic (exact) mass is 598 g/mol. The van der Waals surface area contributed by atoms with Crippen molar-refractivity contribution in [3.8, 4) is 23.0 Å². The van der Waals surface area contributed by atoms with Gasteiger partial charge in [0.15, 0.2) is 34.6 Å². The zero-order chi connectivity index (χ0) is 29.5.